The monoisotopic (exact) mass is 432 g/mol. The Morgan fingerprint density at radius 3 is 2.10 bits per heavy atom. The summed E-state index contributed by atoms with van der Waals surface area (Å²) in [5, 5.41) is 2.73. The molecule has 2 aliphatic rings. The molecule has 0 atom stereocenters. The van der Waals surface area contributed by atoms with Crippen molar-refractivity contribution in [2.45, 2.75) is 38.1 Å². The number of urea groups is 1. The number of amides is 3. The van der Waals surface area contributed by atoms with Crippen LogP contribution in [-0.2, 0) is 19.1 Å². The van der Waals surface area contributed by atoms with Gasteiger partial charge in [-0.2, -0.15) is 0 Å². The molecule has 1 aromatic carbocycles. The van der Waals surface area contributed by atoms with Crippen molar-refractivity contribution in [3.63, 3.8) is 0 Å². The van der Waals surface area contributed by atoms with Crippen LogP contribution in [0.25, 0.3) is 0 Å². The second kappa shape index (κ2) is 8.75. The zero-order chi connectivity index (χ0) is 22.8. The van der Waals surface area contributed by atoms with Gasteiger partial charge in [0.05, 0.1) is 25.3 Å². The first-order valence-electron chi connectivity index (χ1n) is 9.85. The first-order valence-corrected chi connectivity index (χ1v) is 9.85. The largest absolute Gasteiger partial charge is 0.465 e. The van der Waals surface area contributed by atoms with E-state index < -0.39 is 41.9 Å². The van der Waals surface area contributed by atoms with E-state index in [9.17, 15) is 24.0 Å². The number of nitrogens with zero attached hydrogens (tertiary/aromatic N) is 1. The summed E-state index contributed by atoms with van der Waals surface area (Å²) in [4.78, 5) is 62.2. The Hall–Kier alpha value is -3.43. The number of methoxy groups -OCH3 is 2. The molecule has 1 aliphatic heterocycles. The van der Waals surface area contributed by atoms with Gasteiger partial charge in [0.15, 0.2) is 0 Å². The predicted molar refractivity (Wildman–Crippen MR) is 105 cm³/mol. The zero-order valence-electron chi connectivity index (χ0n) is 17.6. The highest BCUT2D eigenvalue weighted by Gasteiger charge is 2.52. The lowest BCUT2D eigenvalue weighted by Gasteiger charge is -2.33. The topological polar surface area (TPSA) is 128 Å². The molecule has 1 N–H and O–H groups in total. The number of carbonyl (C=O) groups is 5. The molecule has 0 aromatic heterocycles. The van der Waals surface area contributed by atoms with E-state index in [1.807, 2.05) is 0 Å². The van der Waals surface area contributed by atoms with Gasteiger partial charge in [-0.1, -0.05) is 6.92 Å². The molecule has 0 unspecified atom stereocenters. The van der Waals surface area contributed by atoms with Gasteiger partial charge < -0.3 is 19.5 Å². The summed E-state index contributed by atoms with van der Waals surface area (Å²) < 4.78 is 14.5. The normalized spacial score (nSPS) is 22.8. The fraction of sp³-hybridized carbons (Fsp3) is 0.476. The molecule has 1 saturated carbocycles. The maximum atomic E-state index is 12.9. The van der Waals surface area contributed by atoms with Gasteiger partial charge >= 0.3 is 23.9 Å². The Morgan fingerprint density at radius 1 is 1.03 bits per heavy atom. The van der Waals surface area contributed by atoms with Gasteiger partial charge in [-0.25, -0.2) is 19.2 Å². The van der Waals surface area contributed by atoms with Crippen LogP contribution in [0, 0.1) is 5.92 Å². The average Bonchev–Trinajstić information content (AvgIpc) is 2.98. The SMILES string of the molecule is COC(=O)c1cc(OC(=O)CN2C(=O)NC3(CCC(C)CC3)C2=O)cc(C(=O)OC)c1. The summed E-state index contributed by atoms with van der Waals surface area (Å²) >= 11 is 0. The van der Waals surface area contributed by atoms with Gasteiger partial charge in [-0.3, -0.25) is 9.69 Å². The highest BCUT2D eigenvalue weighted by molar-refractivity contribution is 6.08. The maximum absolute atomic E-state index is 12.9. The molecule has 10 heteroatoms. The molecule has 31 heavy (non-hydrogen) atoms. The van der Waals surface area contributed by atoms with Crippen molar-refractivity contribution >= 4 is 29.8 Å². The minimum Gasteiger partial charge on any atom is -0.465 e. The van der Waals surface area contributed by atoms with Gasteiger partial charge in [-0.15, -0.1) is 0 Å². The first-order chi connectivity index (χ1) is 14.7. The van der Waals surface area contributed by atoms with Crippen LogP contribution in [0.1, 0.15) is 53.3 Å². The lowest BCUT2D eigenvalue weighted by atomic mass is 9.77. The van der Waals surface area contributed by atoms with E-state index in [1.165, 1.54) is 18.2 Å². The van der Waals surface area contributed by atoms with Gasteiger partial charge in [0.25, 0.3) is 5.91 Å². The highest BCUT2D eigenvalue weighted by atomic mass is 16.5. The van der Waals surface area contributed by atoms with Crippen LogP contribution in [-0.4, -0.2) is 61.0 Å². The third kappa shape index (κ3) is 4.52. The molecule has 0 radical (unpaired) electrons. The van der Waals surface area contributed by atoms with Crippen LogP contribution >= 0.6 is 0 Å². The lowest BCUT2D eigenvalue weighted by molar-refractivity contribution is -0.141. The number of rotatable bonds is 5. The lowest BCUT2D eigenvalue weighted by Crippen LogP contribution is -2.49. The second-order valence-electron chi connectivity index (χ2n) is 7.79. The number of esters is 3. The van der Waals surface area contributed by atoms with Gasteiger partial charge in [0.1, 0.15) is 17.8 Å². The maximum Gasteiger partial charge on any atom is 0.338 e. The quantitative estimate of drug-likeness (QED) is 0.423. The smallest absolute Gasteiger partial charge is 0.338 e. The van der Waals surface area contributed by atoms with Crippen LogP contribution in [0.2, 0.25) is 0 Å². The minimum atomic E-state index is -0.966. The van der Waals surface area contributed by atoms with E-state index in [0.717, 1.165) is 32.0 Å². The number of nitrogens with one attached hydrogen (secondary N) is 1. The summed E-state index contributed by atoms with van der Waals surface area (Å²) in [6.45, 7) is 1.49. The highest BCUT2D eigenvalue weighted by Crippen LogP contribution is 2.36. The summed E-state index contributed by atoms with van der Waals surface area (Å²) in [6, 6.07) is 3.02. The van der Waals surface area contributed by atoms with Gasteiger partial charge in [0.2, 0.25) is 0 Å². The van der Waals surface area contributed by atoms with E-state index in [-0.39, 0.29) is 16.9 Å². The number of hydrogen-bond acceptors (Lipinski definition) is 8. The summed E-state index contributed by atoms with van der Waals surface area (Å²) in [5.74, 6) is -2.49. The van der Waals surface area contributed by atoms with E-state index in [0.29, 0.717) is 18.8 Å². The van der Waals surface area contributed by atoms with E-state index in [1.54, 1.807) is 0 Å². The standard InChI is InChI=1S/C21H24N2O8/c1-12-4-6-21(7-5-12)19(27)23(20(28)22-21)11-16(24)31-15-9-13(17(25)29-2)8-14(10-15)18(26)30-3/h8-10,12H,4-7,11H2,1-3H3,(H,22,28). The number of hydrogen-bond donors (Lipinski definition) is 1. The minimum absolute atomic E-state index is 0.0292. The first kappa shape index (κ1) is 22.3. The molecule has 1 spiro atoms. The summed E-state index contributed by atoms with van der Waals surface area (Å²) in [6.07, 6.45) is 2.66. The van der Waals surface area contributed by atoms with E-state index >= 15 is 0 Å². The van der Waals surface area contributed by atoms with Crippen LogP contribution in [0.4, 0.5) is 4.79 Å². The molecule has 1 heterocycles. The van der Waals surface area contributed by atoms with Crippen LogP contribution in [0.15, 0.2) is 18.2 Å². The van der Waals surface area contributed by atoms with Crippen molar-refractivity contribution < 1.29 is 38.2 Å². The van der Waals surface area contributed by atoms with Crippen LogP contribution in [0.3, 0.4) is 0 Å². The molecule has 3 amide bonds. The zero-order valence-corrected chi connectivity index (χ0v) is 17.6. The van der Waals surface area contributed by atoms with Crippen molar-refractivity contribution in [1.82, 2.24) is 10.2 Å². The molecular weight excluding hydrogens is 408 g/mol. The summed E-state index contributed by atoms with van der Waals surface area (Å²) in [7, 11) is 2.33. The third-order valence-corrected chi connectivity index (χ3v) is 5.64. The number of carbonyl (C=O) groups excluding carboxylic acids is 5. The molecule has 1 aliphatic carbocycles. The van der Waals surface area contributed by atoms with Crippen LogP contribution < -0.4 is 10.1 Å². The van der Waals surface area contributed by atoms with Crippen molar-refractivity contribution in [2.75, 3.05) is 20.8 Å². The molecular formula is C21H24N2O8. The van der Waals surface area contributed by atoms with Crippen molar-refractivity contribution in [3.8, 4) is 5.75 Å². The van der Waals surface area contributed by atoms with Gasteiger partial charge in [-0.05, 0) is 49.8 Å². The third-order valence-electron chi connectivity index (χ3n) is 5.64. The van der Waals surface area contributed by atoms with Crippen LogP contribution in [0.5, 0.6) is 5.75 Å². The van der Waals surface area contributed by atoms with Crippen molar-refractivity contribution in [3.05, 3.63) is 29.3 Å². The average molecular weight is 432 g/mol. The Balaban J connectivity index is 1.74. The summed E-state index contributed by atoms with van der Waals surface area (Å²) in [5.41, 5.74) is -1.02. The predicted octanol–water partition coefficient (Wildman–Crippen LogP) is 1.67. The molecule has 1 saturated heterocycles. The molecule has 166 valence electrons. The second-order valence-corrected chi connectivity index (χ2v) is 7.79. The van der Waals surface area contributed by atoms with Crippen molar-refractivity contribution in [2.24, 2.45) is 5.92 Å². The fourth-order valence-electron chi connectivity index (χ4n) is 3.84. The Kier molecular flexibility index (Phi) is 6.28. The molecule has 1 aromatic rings. The molecule has 10 nitrogen and oxygen atoms in total. The van der Waals surface area contributed by atoms with Crippen molar-refractivity contribution in [1.29, 1.82) is 0 Å². The Labute approximate surface area is 178 Å². The Bertz CT molecular complexity index is 899. The number of ether oxygens (including phenoxy) is 3. The van der Waals surface area contributed by atoms with E-state index in [4.69, 9.17) is 4.74 Å². The molecule has 3 rings (SSSR count). The van der Waals surface area contributed by atoms with E-state index in [2.05, 4.69) is 21.7 Å². The van der Waals surface area contributed by atoms with Gasteiger partial charge in [0, 0.05) is 0 Å². The molecule has 2 fully saturated rings. The number of imide groups is 1. The molecule has 0 bridgehead atoms. The Morgan fingerprint density at radius 2 is 1.58 bits per heavy atom. The number of benzene rings is 1. The fourth-order valence-corrected chi connectivity index (χ4v) is 3.84.